The lowest BCUT2D eigenvalue weighted by atomic mass is 9.52. The minimum Gasteiger partial charge on any atom is -0.456 e. The summed E-state index contributed by atoms with van der Waals surface area (Å²) in [5, 5.41) is 10.8. The van der Waals surface area contributed by atoms with Gasteiger partial charge in [-0.25, -0.2) is 9.59 Å². The Morgan fingerprint density at radius 2 is 1.07 bits per heavy atom. The van der Waals surface area contributed by atoms with E-state index in [-0.39, 0.29) is 29.4 Å². The maximum absolute atomic E-state index is 12.1. The van der Waals surface area contributed by atoms with Crippen molar-refractivity contribution in [2.24, 2.45) is 35.5 Å². The molecule has 6 unspecified atom stereocenters. The van der Waals surface area contributed by atoms with E-state index in [0.29, 0.717) is 58.5 Å². The Labute approximate surface area is 283 Å². The molecular weight excluding hydrogens is 604 g/mol. The molecule has 8 bridgehead atoms. The minimum absolute atomic E-state index is 0.190. The molecule has 0 aliphatic heterocycles. The van der Waals surface area contributed by atoms with Gasteiger partial charge in [0.15, 0.2) is 6.29 Å². The molecule has 8 heteroatoms. The Morgan fingerprint density at radius 3 is 1.39 bits per heavy atom. The molecule has 262 valence electrons. The summed E-state index contributed by atoms with van der Waals surface area (Å²) in [7, 11) is 1.71. The number of hydrogen-bond donors (Lipinski definition) is 1. The highest BCUT2D eigenvalue weighted by atomic mass is 35.5. The number of halogens is 1. The van der Waals surface area contributed by atoms with Crippen LogP contribution in [0.3, 0.4) is 0 Å². The van der Waals surface area contributed by atoms with Crippen LogP contribution in [0.15, 0.2) is 24.3 Å². The van der Waals surface area contributed by atoms with Gasteiger partial charge >= 0.3 is 11.9 Å². The molecule has 6 atom stereocenters. The fourth-order valence-electron chi connectivity index (χ4n) is 9.87. The molecule has 0 spiro atoms. The third-order valence-electron chi connectivity index (χ3n) is 11.3. The first kappa shape index (κ1) is 37.4. The van der Waals surface area contributed by atoms with Crippen molar-refractivity contribution in [2.75, 3.05) is 7.11 Å². The second-order valence-corrected chi connectivity index (χ2v) is 17.6. The number of carbonyl (C=O) groups excluding carboxylic acids is 2. The van der Waals surface area contributed by atoms with Crippen LogP contribution in [-0.4, -0.2) is 58.2 Å². The molecule has 8 aliphatic rings. The lowest BCUT2D eigenvalue weighted by Crippen LogP contribution is -2.62. The first-order chi connectivity index (χ1) is 21.3. The lowest BCUT2D eigenvalue weighted by molar-refractivity contribution is -0.287. The topological polar surface area (TPSA) is 91.3 Å². The number of alkyl halides is 1. The smallest absolute Gasteiger partial charge is 0.333 e. The van der Waals surface area contributed by atoms with Crippen LogP contribution >= 0.6 is 11.6 Å². The Hall–Kier alpha value is -1.41. The molecular formula is C38H61ClO7. The summed E-state index contributed by atoms with van der Waals surface area (Å²) in [6.45, 7) is 21.2. The van der Waals surface area contributed by atoms with E-state index in [0.717, 1.165) is 57.8 Å². The van der Waals surface area contributed by atoms with Crippen LogP contribution < -0.4 is 0 Å². The molecule has 8 rings (SSSR count). The summed E-state index contributed by atoms with van der Waals surface area (Å²) in [5.41, 5.74) is -0.575. The summed E-state index contributed by atoms with van der Waals surface area (Å²) in [5.74, 6) is 2.65. The van der Waals surface area contributed by atoms with E-state index in [1.807, 2.05) is 6.92 Å². The number of ether oxygens (including phenoxy) is 4. The maximum Gasteiger partial charge on any atom is 0.333 e. The first-order valence-corrected chi connectivity index (χ1v) is 18.1. The number of rotatable bonds is 9. The minimum atomic E-state index is -0.570. The van der Waals surface area contributed by atoms with E-state index in [9.17, 15) is 14.7 Å². The van der Waals surface area contributed by atoms with Gasteiger partial charge in [-0.1, -0.05) is 40.9 Å². The van der Waals surface area contributed by atoms with E-state index >= 15 is 0 Å². The Kier molecular flexibility index (Phi) is 11.6. The van der Waals surface area contributed by atoms with Crippen molar-refractivity contribution in [3.05, 3.63) is 24.3 Å². The van der Waals surface area contributed by atoms with E-state index in [4.69, 9.17) is 30.5 Å². The summed E-state index contributed by atoms with van der Waals surface area (Å²) in [6, 6.07) is 0. The van der Waals surface area contributed by atoms with Gasteiger partial charge < -0.3 is 24.1 Å². The van der Waals surface area contributed by atoms with Gasteiger partial charge in [-0.05, 0) is 115 Å². The number of esters is 2. The predicted octanol–water partition coefficient (Wildman–Crippen LogP) is 8.30. The van der Waals surface area contributed by atoms with E-state index in [1.165, 1.54) is 12.8 Å². The molecule has 7 nitrogen and oxygen atoms in total. The van der Waals surface area contributed by atoms with Crippen molar-refractivity contribution >= 4 is 23.5 Å². The van der Waals surface area contributed by atoms with Crippen LogP contribution in [-0.2, 0) is 28.5 Å². The Balaban J connectivity index is 0.000000183. The van der Waals surface area contributed by atoms with Crippen molar-refractivity contribution in [3.63, 3.8) is 0 Å². The third-order valence-corrected chi connectivity index (χ3v) is 11.8. The molecule has 46 heavy (non-hydrogen) atoms. The molecule has 0 aromatic rings. The van der Waals surface area contributed by atoms with Gasteiger partial charge in [0.25, 0.3) is 0 Å². The second-order valence-electron chi connectivity index (χ2n) is 16.9. The van der Waals surface area contributed by atoms with Gasteiger partial charge in [0.05, 0.1) is 11.2 Å². The zero-order valence-corrected chi connectivity index (χ0v) is 30.5. The first-order valence-electron chi connectivity index (χ1n) is 17.7. The quantitative estimate of drug-likeness (QED) is 0.115. The van der Waals surface area contributed by atoms with Gasteiger partial charge in [-0.2, -0.15) is 0 Å². The van der Waals surface area contributed by atoms with Crippen LogP contribution in [0.1, 0.15) is 126 Å². The highest BCUT2D eigenvalue weighted by molar-refractivity contribution is 6.20. The zero-order valence-electron chi connectivity index (χ0n) is 29.8. The molecule has 0 saturated heterocycles. The summed E-state index contributed by atoms with van der Waals surface area (Å²) in [6.07, 6.45) is 11.5. The fourth-order valence-corrected chi connectivity index (χ4v) is 9.87. The fraction of sp³-hybridized carbons (Fsp3) is 0.842. The lowest BCUT2D eigenvalue weighted by Gasteiger charge is -2.61. The number of carbonyl (C=O) groups is 2. The maximum atomic E-state index is 12.1. The SMILES string of the molecule is C=C(C)C(=O)OC12CC3CC(C1)CC(OC(OC)C(C)C)(C3)C2.C=C(C)C(=O)OC12CC3CC(CC(O)(C3)C1)C2.CC(C)C(C)Cl. The number of methoxy groups -OCH3 is 1. The molecule has 0 amide bonds. The van der Waals surface area contributed by atoms with E-state index in [2.05, 4.69) is 40.9 Å². The number of hydrogen-bond acceptors (Lipinski definition) is 7. The normalized spacial score (nSPS) is 39.1. The summed E-state index contributed by atoms with van der Waals surface area (Å²) in [4.78, 5) is 23.9. The van der Waals surface area contributed by atoms with Gasteiger partial charge in [0, 0.05) is 42.4 Å². The van der Waals surface area contributed by atoms with Crippen LogP contribution in [0.2, 0.25) is 0 Å². The Morgan fingerprint density at radius 1 is 0.696 bits per heavy atom. The highest BCUT2D eigenvalue weighted by Crippen LogP contribution is 2.61. The molecule has 0 aromatic heterocycles. The van der Waals surface area contributed by atoms with Crippen LogP contribution in [0, 0.1) is 35.5 Å². The molecule has 0 heterocycles. The average molecular weight is 665 g/mol. The highest BCUT2D eigenvalue weighted by Gasteiger charge is 2.61. The Bertz CT molecular complexity index is 1110. The molecule has 0 aromatic carbocycles. The molecule has 8 saturated carbocycles. The van der Waals surface area contributed by atoms with Crippen molar-refractivity contribution in [1.82, 2.24) is 0 Å². The van der Waals surface area contributed by atoms with Crippen LogP contribution in [0.4, 0.5) is 0 Å². The molecule has 1 N–H and O–H groups in total. The number of aliphatic hydroxyl groups is 1. The second kappa shape index (κ2) is 14.2. The van der Waals surface area contributed by atoms with Gasteiger partial charge in [-0.3, -0.25) is 0 Å². The van der Waals surface area contributed by atoms with Crippen molar-refractivity contribution < 1.29 is 33.6 Å². The van der Waals surface area contributed by atoms with Crippen LogP contribution in [0.5, 0.6) is 0 Å². The van der Waals surface area contributed by atoms with Gasteiger partial charge in [0.1, 0.15) is 11.2 Å². The average Bonchev–Trinajstić information content (AvgIpc) is 2.89. The van der Waals surface area contributed by atoms with E-state index in [1.54, 1.807) is 21.0 Å². The van der Waals surface area contributed by atoms with Crippen molar-refractivity contribution in [3.8, 4) is 0 Å². The molecule has 0 radical (unpaired) electrons. The third kappa shape index (κ3) is 8.78. The van der Waals surface area contributed by atoms with E-state index < -0.39 is 11.2 Å². The van der Waals surface area contributed by atoms with Gasteiger partial charge in [-0.15, -0.1) is 11.6 Å². The summed E-state index contributed by atoms with van der Waals surface area (Å²) < 4.78 is 23.7. The standard InChI is InChI=1S/C19H30O4.C14H20O3.C5H11Cl/c1-12(2)16(20)22-18-7-14-6-15(8-18)10-19(9-14,11-18)23-17(21-5)13(3)4;1-9(2)12(15)17-14-6-10-3-11(7-14)5-13(16,4-10)8-14;1-4(2)5(3)6/h13-15,17H,1,6-11H2,2-5H3;10-11,16H,1,3-8H2,2H3;4-5H,1-3H3. The van der Waals surface area contributed by atoms with Crippen molar-refractivity contribution in [1.29, 1.82) is 0 Å². The predicted molar refractivity (Wildman–Crippen MR) is 181 cm³/mol. The largest absolute Gasteiger partial charge is 0.456 e. The van der Waals surface area contributed by atoms with Gasteiger partial charge in [0.2, 0.25) is 0 Å². The zero-order chi connectivity index (χ0) is 34.2. The van der Waals surface area contributed by atoms with Crippen LogP contribution in [0.25, 0.3) is 0 Å². The van der Waals surface area contributed by atoms with Crippen molar-refractivity contribution in [2.45, 2.75) is 160 Å². The monoisotopic (exact) mass is 664 g/mol. The molecule has 8 aliphatic carbocycles. The summed E-state index contributed by atoms with van der Waals surface area (Å²) >= 11 is 5.61. The molecule has 8 fully saturated rings.